The van der Waals surface area contributed by atoms with E-state index in [1.165, 1.54) is 19.2 Å². The first-order valence-electron chi connectivity index (χ1n) is 10.5. The molecule has 1 saturated heterocycles. The number of likely N-dealkylation sites (N-methyl/N-ethyl adjacent to an activating group) is 1. The number of methoxy groups -OCH3 is 1. The molecule has 1 amide bonds. The molecule has 0 aliphatic carbocycles. The molecule has 2 aromatic rings. The van der Waals surface area contributed by atoms with Crippen molar-refractivity contribution in [1.82, 2.24) is 9.80 Å². The van der Waals surface area contributed by atoms with Crippen LogP contribution in [0, 0.1) is 5.82 Å². The molecule has 31 heavy (non-hydrogen) atoms. The Bertz CT molecular complexity index is 878. The van der Waals surface area contributed by atoms with Gasteiger partial charge in [0.1, 0.15) is 5.82 Å². The molecule has 3 rings (SSSR count). The monoisotopic (exact) mass is 619 g/mol. The fraction of sp³-hybridized carbons (Fsp3) is 0.417. The summed E-state index contributed by atoms with van der Waals surface area (Å²) in [5, 5.41) is 0. The molecule has 2 aromatic carbocycles. The van der Waals surface area contributed by atoms with Gasteiger partial charge in [-0.1, -0.05) is 0 Å². The molecular weight excluding hydrogens is 590 g/mol. The molecule has 0 bridgehead atoms. The van der Waals surface area contributed by atoms with Crippen LogP contribution in [0.5, 0.6) is 0 Å². The summed E-state index contributed by atoms with van der Waals surface area (Å²) in [6.45, 7) is 1.36. The molecule has 1 aliphatic heterocycles. The van der Waals surface area contributed by atoms with Gasteiger partial charge in [0, 0.05) is 0 Å². The van der Waals surface area contributed by atoms with Gasteiger partial charge in [-0.15, -0.1) is 0 Å². The van der Waals surface area contributed by atoms with Gasteiger partial charge < -0.3 is 0 Å². The van der Waals surface area contributed by atoms with E-state index < -0.39 is 6.04 Å². The van der Waals surface area contributed by atoms with E-state index in [1.807, 2.05) is 49.5 Å². The number of halogens is 1. The summed E-state index contributed by atoms with van der Waals surface area (Å²) in [7, 11) is 3.41. The number of aryl methyl sites for hydroxylation is 1. The topological polar surface area (TPSA) is 49.9 Å². The van der Waals surface area contributed by atoms with Gasteiger partial charge in [0.05, 0.1) is 0 Å². The van der Waals surface area contributed by atoms with E-state index in [9.17, 15) is 14.0 Å². The predicted molar refractivity (Wildman–Crippen MR) is 118 cm³/mol. The van der Waals surface area contributed by atoms with Crippen LogP contribution in [0.25, 0.3) is 0 Å². The number of nitrogens with zero attached hydrogens (tertiary/aromatic N) is 2. The average molecular weight is 619 g/mol. The Morgan fingerprint density at radius 3 is 2.52 bits per heavy atom. The number of hydrogen-bond acceptors (Lipinski definition) is 4. The predicted octanol–water partition coefficient (Wildman–Crippen LogP) is 2.74. The Hall–Kier alpha value is -1.81. The Morgan fingerprint density at radius 2 is 1.87 bits per heavy atom. The van der Waals surface area contributed by atoms with Crippen molar-refractivity contribution in [2.24, 2.45) is 0 Å². The van der Waals surface area contributed by atoms with E-state index >= 15 is 0 Å². The van der Waals surface area contributed by atoms with Gasteiger partial charge in [0.2, 0.25) is 0 Å². The van der Waals surface area contributed by atoms with Gasteiger partial charge in [-0.3, -0.25) is 0 Å². The van der Waals surface area contributed by atoms with E-state index in [0.29, 0.717) is 38.7 Å². The van der Waals surface area contributed by atoms with Crippen molar-refractivity contribution in [3.8, 4) is 0 Å². The molecule has 163 valence electrons. The van der Waals surface area contributed by atoms with Crippen LogP contribution < -0.4 is 0 Å². The van der Waals surface area contributed by atoms with E-state index in [-0.39, 0.29) is 27.2 Å². The standard InChI is InChI=1S/C24H28FN2O3.Pb/c1-26(14-6-9-18-10-12-20(25)13-11-18)21-16-22(24(29)30-2)27(17-21)23(28)15-19-7-4-3-5-8-19;/h3-5,7-8,10-13,15,21-22H,6,9,14,16-17H2,1-2H3;. The summed E-state index contributed by atoms with van der Waals surface area (Å²) in [6.07, 6.45) is 2.36. The first-order valence-corrected chi connectivity index (χ1v) is 12.7. The molecule has 0 spiro atoms. The van der Waals surface area contributed by atoms with Crippen molar-refractivity contribution in [1.29, 1.82) is 0 Å². The summed E-state index contributed by atoms with van der Waals surface area (Å²) in [4.78, 5) is 29.6. The third-order valence-electron chi connectivity index (χ3n) is 5.93. The van der Waals surface area contributed by atoms with E-state index in [0.717, 1.165) is 30.5 Å². The summed E-state index contributed by atoms with van der Waals surface area (Å²) in [5.41, 5.74) is 2.10. The Labute approximate surface area is 199 Å². The number of carbonyl (C=O) groups excluding carboxylic acids is 2. The number of benzene rings is 2. The molecule has 3 unspecified atom stereocenters. The third-order valence-corrected chi connectivity index (χ3v) is 8.18. The number of rotatable bonds is 8. The minimum absolute atomic E-state index is 0.00970. The number of carbonyl (C=O) groups is 2. The molecule has 1 heterocycles. The summed E-state index contributed by atoms with van der Waals surface area (Å²) < 4.78 is 17.9. The van der Waals surface area contributed by atoms with Gasteiger partial charge in [0.15, 0.2) is 0 Å². The second kappa shape index (κ2) is 11.2. The second-order valence-electron chi connectivity index (χ2n) is 7.97. The van der Waals surface area contributed by atoms with Crippen molar-refractivity contribution in [2.75, 3.05) is 27.2 Å². The summed E-state index contributed by atoms with van der Waals surface area (Å²) in [6, 6.07) is 15.9. The van der Waals surface area contributed by atoms with E-state index in [2.05, 4.69) is 4.90 Å². The molecule has 0 saturated carbocycles. The molecule has 5 nitrogen and oxygen atoms in total. The number of amides is 1. The number of likely N-dealkylation sites (tertiary alicyclic amines) is 1. The molecule has 7 heteroatoms. The average Bonchev–Trinajstić information content (AvgIpc) is 3.25. The van der Waals surface area contributed by atoms with Gasteiger partial charge in [-0.05, 0) is 0 Å². The van der Waals surface area contributed by atoms with Crippen molar-refractivity contribution in [2.45, 2.75) is 34.8 Å². The normalized spacial score (nSPS) is 19.5. The van der Waals surface area contributed by atoms with Gasteiger partial charge in [-0.25, -0.2) is 4.39 Å². The molecule has 3 radical (unpaired) electrons. The van der Waals surface area contributed by atoms with Crippen LogP contribution in [0.1, 0.15) is 27.4 Å². The maximum atomic E-state index is 13.3. The third kappa shape index (κ3) is 6.13. The van der Waals surface area contributed by atoms with Gasteiger partial charge in [0.25, 0.3) is 0 Å². The van der Waals surface area contributed by atoms with Crippen molar-refractivity contribution in [3.05, 3.63) is 71.5 Å². The van der Waals surface area contributed by atoms with Crippen LogP contribution in [0.3, 0.4) is 0 Å². The first-order chi connectivity index (χ1) is 14.9. The zero-order valence-electron chi connectivity index (χ0n) is 18.0. The number of hydrogen-bond donors (Lipinski definition) is 0. The van der Waals surface area contributed by atoms with Gasteiger partial charge >= 0.3 is 190 Å². The fourth-order valence-electron chi connectivity index (χ4n) is 4.06. The van der Waals surface area contributed by atoms with Crippen LogP contribution >= 0.6 is 0 Å². The van der Waals surface area contributed by atoms with Crippen LogP contribution in [0.4, 0.5) is 4.39 Å². The Balaban J connectivity index is 1.62. The number of ether oxygens (including phenoxy) is 1. The molecule has 3 atom stereocenters. The van der Waals surface area contributed by atoms with Gasteiger partial charge in [-0.2, -0.15) is 0 Å². The zero-order valence-corrected chi connectivity index (χ0v) is 21.8. The van der Waals surface area contributed by atoms with Crippen molar-refractivity contribution in [3.63, 3.8) is 0 Å². The van der Waals surface area contributed by atoms with Crippen LogP contribution in [0.15, 0.2) is 54.6 Å². The Morgan fingerprint density at radius 1 is 1.19 bits per heavy atom. The first kappa shape index (κ1) is 23.8. The Kier molecular flexibility index (Phi) is 8.60. The molecule has 1 aliphatic rings. The molecule has 0 aromatic heterocycles. The zero-order chi connectivity index (χ0) is 22.4. The van der Waals surface area contributed by atoms with Crippen molar-refractivity contribution >= 4 is 37.6 Å². The van der Waals surface area contributed by atoms with Crippen LogP contribution in [0.2, 0.25) is 0 Å². The SMILES string of the molecule is COC(=O)C1CC(N(C)CCCc2ccc(F)cc2)CN1C(=O)[CH]([Pb])c1ccccc1. The fourth-order valence-corrected chi connectivity index (χ4v) is 5.45. The van der Waals surface area contributed by atoms with E-state index in [1.54, 1.807) is 4.90 Å². The van der Waals surface area contributed by atoms with Crippen molar-refractivity contribution < 1.29 is 18.7 Å². The van der Waals surface area contributed by atoms with Crippen LogP contribution in [-0.4, -0.2) is 86.8 Å². The summed E-state index contributed by atoms with van der Waals surface area (Å²) >= 11 is 0.677. The van der Waals surface area contributed by atoms with E-state index in [4.69, 9.17) is 4.74 Å². The second-order valence-corrected chi connectivity index (χ2v) is 10.2. The maximum absolute atomic E-state index is 13.3. The number of esters is 1. The minimum atomic E-state index is -0.540. The quantitative estimate of drug-likeness (QED) is 0.338. The molecule has 0 N–H and O–H groups in total. The van der Waals surface area contributed by atoms with Crippen LogP contribution in [-0.2, 0) is 20.7 Å². The molecule has 1 fully saturated rings. The molecular formula is C24H28FN2O3Pb. The summed E-state index contributed by atoms with van der Waals surface area (Å²) in [5.74, 6) is -0.564.